The molecule has 2 aliphatic rings. The first-order chi connectivity index (χ1) is 10.3. The fraction of sp³-hybridized carbons (Fsp3) is 0.733. The van der Waals surface area contributed by atoms with E-state index in [-0.39, 0.29) is 0 Å². The largest absolute Gasteiger partial charge is 0.376 e. The second-order valence-corrected chi connectivity index (χ2v) is 6.81. The highest BCUT2D eigenvalue weighted by molar-refractivity contribution is 7.99. The molecule has 21 heavy (non-hydrogen) atoms. The summed E-state index contributed by atoms with van der Waals surface area (Å²) in [5, 5.41) is 3.46. The Balaban J connectivity index is 1.92. The Morgan fingerprint density at radius 3 is 3.14 bits per heavy atom. The lowest BCUT2D eigenvalue weighted by molar-refractivity contribution is 0.109. The van der Waals surface area contributed by atoms with Gasteiger partial charge in [0.25, 0.3) is 0 Å². The number of nitrogens with one attached hydrogen (secondary N) is 1. The van der Waals surface area contributed by atoms with Gasteiger partial charge in [-0.15, -0.1) is 0 Å². The molecule has 6 heteroatoms. The van der Waals surface area contributed by atoms with Gasteiger partial charge in [0.2, 0.25) is 0 Å². The maximum atomic E-state index is 5.59. The summed E-state index contributed by atoms with van der Waals surface area (Å²) in [4.78, 5) is 12.1. The zero-order valence-corrected chi connectivity index (χ0v) is 13.7. The fourth-order valence-corrected chi connectivity index (χ4v) is 3.96. The number of ether oxygens (including phenoxy) is 1. The average Bonchev–Trinajstić information content (AvgIpc) is 2.53. The zero-order chi connectivity index (χ0) is 14.7. The van der Waals surface area contributed by atoms with Crippen molar-refractivity contribution in [3.63, 3.8) is 0 Å². The van der Waals surface area contributed by atoms with Crippen molar-refractivity contribution in [1.82, 2.24) is 14.9 Å². The number of aromatic nitrogens is 2. The molecule has 3 heterocycles. The topological polar surface area (TPSA) is 50.3 Å². The molecule has 1 N–H and O–H groups in total. The molecule has 1 aromatic heterocycles. The number of thioether (sulfide) groups is 1. The van der Waals surface area contributed by atoms with Gasteiger partial charge in [0, 0.05) is 36.6 Å². The van der Waals surface area contributed by atoms with Crippen LogP contribution in [0.5, 0.6) is 0 Å². The van der Waals surface area contributed by atoms with Crippen LogP contribution >= 0.6 is 11.8 Å². The van der Waals surface area contributed by atoms with Crippen molar-refractivity contribution in [2.45, 2.75) is 32.4 Å². The standard InChI is InChI=1S/C15H24N4OS/c1-3-5-16-14-11-9-20-7-4-12(11)17-15(18-14)13-10-21-8-6-19(13)2/h13H,3-10H2,1-2H3,(H,16,17,18). The van der Waals surface area contributed by atoms with E-state index < -0.39 is 0 Å². The summed E-state index contributed by atoms with van der Waals surface area (Å²) in [5.74, 6) is 4.25. The van der Waals surface area contributed by atoms with Crippen LogP contribution in [0.25, 0.3) is 0 Å². The predicted molar refractivity (Wildman–Crippen MR) is 86.9 cm³/mol. The minimum Gasteiger partial charge on any atom is -0.376 e. The molecule has 0 radical (unpaired) electrons. The van der Waals surface area contributed by atoms with E-state index in [1.807, 2.05) is 11.8 Å². The van der Waals surface area contributed by atoms with E-state index in [9.17, 15) is 0 Å². The first-order valence-corrected chi connectivity index (χ1v) is 8.94. The van der Waals surface area contributed by atoms with Crippen LogP contribution < -0.4 is 5.32 Å². The van der Waals surface area contributed by atoms with Crippen molar-refractivity contribution in [1.29, 1.82) is 0 Å². The lowest BCUT2D eigenvalue weighted by Crippen LogP contribution is -2.34. The summed E-state index contributed by atoms with van der Waals surface area (Å²) >= 11 is 2.00. The highest BCUT2D eigenvalue weighted by Gasteiger charge is 2.26. The molecule has 2 aliphatic heterocycles. The van der Waals surface area contributed by atoms with Gasteiger partial charge in [0.15, 0.2) is 0 Å². The van der Waals surface area contributed by atoms with Crippen molar-refractivity contribution in [2.24, 2.45) is 0 Å². The Hall–Kier alpha value is -0.850. The van der Waals surface area contributed by atoms with Crippen LogP contribution in [0.4, 0.5) is 5.82 Å². The third kappa shape index (κ3) is 3.33. The lowest BCUT2D eigenvalue weighted by Gasteiger charge is -2.32. The maximum absolute atomic E-state index is 5.59. The summed E-state index contributed by atoms with van der Waals surface area (Å²) in [6.45, 7) is 5.63. The van der Waals surface area contributed by atoms with Crippen molar-refractivity contribution in [3.05, 3.63) is 17.1 Å². The predicted octanol–water partition coefficient (Wildman–Crippen LogP) is 2.09. The monoisotopic (exact) mass is 308 g/mol. The number of hydrogen-bond acceptors (Lipinski definition) is 6. The van der Waals surface area contributed by atoms with E-state index in [2.05, 4.69) is 24.2 Å². The van der Waals surface area contributed by atoms with Gasteiger partial charge in [-0.1, -0.05) is 6.92 Å². The maximum Gasteiger partial charge on any atom is 0.148 e. The van der Waals surface area contributed by atoms with Gasteiger partial charge in [-0.3, -0.25) is 4.90 Å². The third-order valence-electron chi connectivity index (χ3n) is 4.08. The molecule has 0 amide bonds. The molecule has 0 aliphatic carbocycles. The zero-order valence-electron chi connectivity index (χ0n) is 12.9. The van der Waals surface area contributed by atoms with Gasteiger partial charge >= 0.3 is 0 Å². The minimum atomic E-state index is 0.332. The molecule has 3 rings (SSSR count). The molecule has 0 bridgehead atoms. The molecule has 0 aromatic carbocycles. The number of rotatable bonds is 4. The molecule has 1 fully saturated rings. The Labute approximate surface area is 130 Å². The van der Waals surface area contributed by atoms with Gasteiger partial charge in [0.05, 0.1) is 24.9 Å². The summed E-state index contributed by atoms with van der Waals surface area (Å²) in [5.41, 5.74) is 2.33. The average molecular weight is 308 g/mol. The van der Waals surface area contributed by atoms with Gasteiger partial charge in [-0.25, -0.2) is 9.97 Å². The van der Waals surface area contributed by atoms with E-state index in [1.54, 1.807) is 0 Å². The van der Waals surface area contributed by atoms with Crippen LogP contribution in [0.2, 0.25) is 0 Å². The van der Waals surface area contributed by atoms with Crippen LogP contribution in [0.15, 0.2) is 0 Å². The lowest BCUT2D eigenvalue weighted by atomic mass is 10.1. The van der Waals surface area contributed by atoms with Crippen LogP contribution in [0, 0.1) is 0 Å². The smallest absolute Gasteiger partial charge is 0.148 e. The fourth-order valence-electron chi connectivity index (χ4n) is 2.75. The Kier molecular flexibility index (Phi) is 4.98. The quantitative estimate of drug-likeness (QED) is 0.919. The third-order valence-corrected chi connectivity index (χ3v) is 5.10. The molecule has 5 nitrogen and oxygen atoms in total. The van der Waals surface area contributed by atoms with Crippen LogP contribution in [0.1, 0.15) is 36.5 Å². The molecule has 1 saturated heterocycles. The summed E-state index contributed by atoms with van der Waals surface area (Å²) in [6.07, 6.45) is 1.99. The van der Waals surface area contributed by atoms with Crippen molar-refractivity contribution in [3.8, 4) is 0 Å². The van der Waals surface area contributed by atoms with Crippen molar-refractivity contribution < 1.29 is 4.74 Å². The Bertz CT molecular complexity index is 497. The van der Waals surface area contributed by atoms with Gasteiger partial charge in [0.1, 0.15) is 11.6 Å². The second-order valence-electron chi connectivity index (χ2n) is 5.66. The van der Waals surface area contributed by atoms with Crippen LogP contribution in [-0.4, -0.2) is 53.1 Å². The number of anilines is 1. The summed E-state index contributed by atoms with van der Waals surface area (Å²) in [7, 11) is 2.18. The molecule has 1 aromatic rings. The van der Waals surface area contributed by atoms with E-state index in [1.165, 1.54) is 11.4 Å². The normalized spacial score (nSPS) is 22.9. The molecular weight excluding hydrogens is 284 g/mol. The summed E-state index contributed by atoms with van der Waals surface area (Å²) in [6, 6.07) is 0.332. The summed E-state index contributed by atoms with van der Waals surface area (Å²) < 4.78 is 5.59. The SMILES string of the molecule is CCCNc1nc(C2CSCCN2C)nc2c1COCC2. The first kappa shape index (κ1) is 15.1. The Morgan fingerprint density at radius 2 is 2.33 bits per heavy atom. The molecule has 0 spiro atoms. The highest BCUT2D eigenvalue weighted by Crippen LogP contribution is 2.29. The van der Waals surface area contributed by atoms with Crippen molar-refractivity contribution >= 4 is 17.6 Å². The van der Waals surface area contributed by atoms with E-state index in [4.69, 9.17) is 14.7 Å². The van der Waals surface area contributed by atoms with Crippen molar-refractivity contribution in [2.75, 3.05) is 43.6 Å². The van der Waals surface area contributed by atoms with E-state index >= 15 is 0 Å². The van der Waals surface area contributed by atoms with E-state index in [0.29, 0.717) is 12.6 Å². The number of nitrogens with zero attached hydrogens (tertiary/aromatic N) is 3. The van der Waals surface area contributed by atoms with Gasteiger partial charge in [-0.2, -0.15) is 11.8 Å². The molecule has 1 unspecified atom stereocenters. The van der Waals surface area contributed by atoms with Crippen LogP contribution in [0.3, 0.4) is 0 Å². The van der Waals surface area contributed by atoms with E-state index in [0.717, 1.165) is 55.5 Å². The second kappa shape index (κ2) is 6.94. The number of fused-ring (bicyclic) bond motifs is 1. The first-order valence-electron chi connectivity index (χ1n) is 7.79. The van der Waals surface area contributed by atoms with Crippen LogP contribution in [-0.2, 0) is 17.8 Å². The van der Waals surface area contributed by atoms with Gasteiger partial charge in [-0.05, 0) is 13.5 Å². The van der Waals surface area contributed by atoms with Gasteiger partial charge < -0.3 is 10.1 Å². The number of hydrogen-bond donors (Lipinski definition) is 1. The minimum absolute atomic E-state index is 0.332. The molecule has 1 atom stereocenters. The Morgan fingerprint density at radius 1 is 1.43 bits per heavy atom. The molecular formula is C15H24N4OS. The molecule has 116 valence electrons. The molecule has 0 saturated carbocycles. The highest BCUT2D eigenvalue weighted by atomic mass is 32.2.